The van der Waals surface area contributed by atoms with Crippen LogP contribution in [0.15, 0.2) is 24.3 Å². The third-order valence-electron chi connectivity index (χ3n) is 16.0. The predicted octanol–water partition coefficient (Wildman–Crippen LogP) is 21.8. The van der Waals surface area contributed by atoms with Crippen molar-refractivity contribution >= 4 is 11.9 Å². The van der Waals surface area contributed by atoms with Gasteiger partial charge in [0.15, 0.2) is 0 Å². The van der Waals surface area contributed by atoms with Crippen molar-refractivity contribution in [1.29, 1.82) is 0 Å². The average molecular weight is 1060 g/mol. The summed E-state index contributed by atoms with van der Waals surface area (Å²) in [7, 11) is 0. The SMILES string of the molecule is CCCCCC/C=C\C/C=C\CCCCCCCC(=O)OCCCCCCCCCCCCCCCCCCCCCCCCCCCCCCCC(=O)NC(CO)C(O)CCCCCCCCCCCCCCC. The molecule has 0 saturated carbocycles. The summed E-state index contributed by atoms with van der Waals surface area (Å²) in [4.78, 5) is 24.6. The minimum atomic E-state index is -0.661. The van der Waals surface area contributed by atoms with Crippen LogP contribution in [0.5, 0.6) is 0 Å². The number of aliphatic hydroxyl groups excluding tert-OH is 2. The summed E-state index contributed by atoms with van der Waals surface area (Å²) < 4.78 is 5.49. The van der Waals surface area contributed by atoms with E-state index in [1.165, 1.54) is 295 Å². The van der Waals surface area contributed by atoms with Crippen LogP contribution in [0.3, 0.4) is 0 Å². The Hall–Kier alpha value is -1.66. The highest BCUT2D eigenvalue weighted by molar-refractivity contribution is 5.76. The Morgan fingerprint density at radius 1 is 0.373 bits per heavy atom. The number of nitrogens with one attached hydrogen (secondary N) is 1. The zero-order valence-corrected chi connectivity index (χ0v) is 50.8. The van der Waals surface area contributed by atoms with Gasteiger partial charge in [-0.25, -0.2) is 0 Å². The van der Waals surface area contributed by atoms with Crippen LogP contribution in [0.4, 0.5) is 0 Å². The summed E-state index contributed by atoms with van der Waals surface area (Å²) in [5.74, 6) is -0.0232. The van der Waals surface area contributed by atoms with Crippen molar-refractivity contribution < 1.29 is 24.5 Å². The molecule has 2 unspecified atom stereocenters. The second kappa shape index (κ2) is 64.9. The fraction of sp³-hybridized carbons (Fsp3) is 0.913. The van der Waals surface area contributed by atoms with Crippen molar-refractivity contribution in [2.75, 3.05) is 13.2 Å². The maximum Gasteiger partial charge on any atom is 0.305 e. The first kappa shape index (κ1) is 73.3. The van der Waals surface area contributed by atoms with E-state index in [2.05, 4.69) is 43.5 Å². The molecule has 0 aromatic heterocycles. The summed E-state index contributed by atoms with van der Waals surface area (Å²) in [6, 6.07) is -0.538. The fourth-order valence-corrected chi connectivity index (χ4v) is 10.8. The van der Waals surface area contributed by atoms with Gasteiger partial charge in [-0.2, -0.15) is 0 Å². The molecule has 2 atom stereocenters. The van der Waals surface area contributed by atoms with E-state index in [0.717, 1.165) is 51.4 Å². The zero-order valence-electron chi connectivity index (χ0n) is 50.8. The van der Waals surface area contributed by atoms with Gasteiger partial charge >= 0.3 is 5.97 Å². The molecule has 3 N–H and O–H groups in total. The van der Waals surface area contributed by atoms with Crippen LogP contribution in [0.2, 0.25) is 0 Å². The van der Waals surface area contributed by atoms with E-state index in [0.29, 0.717) is 25.9 Å². The zero-order chi connectivity index (χ0) is 54.3. The highest BCUT2D eigenvalue weighted by Crippen LogP contribution is 2.19. The van der Waals surface area contributed by atoms with E-state index < -0.39 is 12.1 Å². The van der Waals surface area contributed by atoms with Crippen LogP contribution in [-0.4, -0.2) is 47.4 Å². The van der Waals surface area contributed by atoms with E-state index in [4.69, 9.17) is 4.74 Å². The molecule has 0 fully saturated rings. The van der Waals surface area contributed by atoms with Gasteiger partial charge in [-0.15, -0.1) is 0 Å². The number of carbonyl (C=O) groups excluding carboxylic acids is 2. The monoisotopic (exact) mass is 1060 g/mol. The van der Waals surface area contributed by atoms with Crippen LogP contribution in [-0.2, 0) is 14.3 Å². The Kier molecular flexibility index (Phi) is 63.4. The third kappa shape index (κ3) is 61.4. The molecular formula is C69H133NO5. The van der Waals surface area contributed by atoms with Crippen molar-refractivity contribution in [2.24, 2.45) is 0 Å². The molecule has 0 aromatic rings. The van der Waals surface area contributed by atoms with Gasteiger partial charge in [-0.3, -0.25) is 9.59 Å². The topological polar surface area (TPSA) is 95.9 Å². The maximum atomic E-state index is 12.5. The van der Waals surface area contributed by atoms with Gasteiger partial charge in [-0.1, -0.05) is 334 Å². The molecule has 75 heavy (non-hydrogen) atoms. The van der Waals surface area contributed by atoms with Crippen LogP contribution >= 0.6 is 0 Å². The average Bonchev–Trinajstić information content (AvgIpc) is 3.41. The number of unbranched alkanes of at least 4 members (excludes halogenated alkanes) is 49. The number of esters is 1. The number of hydrogen-bond acceptors (Lipinski definition) is 5. The summed E-state index contributed by atoms with van der Waals surface area (Å²) in [5.41, 5.74) is 0. The molecule has 0 aliphatic rings. The van der Waals surface area contributed by atoms with Gasteiger partial charge < -0.3 is 20.3 Å². The predicted molar refractivity (Wildman–Crippen MR) is 329 cm³/mol. The number of allylic oxidation sites excluding steroid dienone is 4. The molecule has 0 spiro atoms. The first-order chi connectivity index (χ1) is 37.0. The molecule has 0 rings (SSSR count). The number of amides is 1. The van der Waals surface area contributed by atoms with Gasteiger partial charge in [-0.05, 0) is 57.8 Å². The van der Waals surface area contributed by atoms with Gasteiger partial charge in [0.25, 0.3) is 0 Å². The Morgan fingerprint density at radius 2 is 0.667 bits per heavy atom. The lowest BCUT2D eigenvalue weighted by Crippen LogP contribution is -2.45. The number of hydrogen-bond donors (Lipinski definition) is 3. The van der Waals surface area contributed by atoms with Crippen LogP contribution < -0.4 is 5.32 Å². The molecule has 0 aromatic carbocycles. The van der Waals surface area contributed by atoms with Crippen molar-refractivity contribution in [3.63, 3.8) is 0 Å². The highest BCUT2D eigenvalue weighted by atomic mass is 16.5. The largest absolute Gasteiger partial charge is 0.466 e. The smallest absolute Gasteiger partial charge is 0.305 e. The van der Waals surface area contributed by atoms with E-state index in [-0.39, 0.29) is 18.5 Å². The van der Waals surface area contributed by atoms with Crippen molar-refractivity contribution in [1.82, 2.24) is 5.32 Å². The molecule has 6 heteroatoms. The van der Waals surface area contributed by atoms with Gasteiger partial charge in [0.05, 0.1) is 25.4 Å². The molecule has 1 amide bonds. The first-order valence-electron chi connectivity index (χ1n) is 34.1. The van der Waals surface area contributed by atoms with E-state index in [9.17, 15) is 19.8 Å². The molecule has 0 heterocycles. The second-order valence-corrected chi connectivity index (χ2v) is 23.5. The van der Waals surface area contributed by atoms with Gasteiger partial charge in [0.2, 0.25) is 5.91 Å². The highest BCUT2D eigenvalue weighted by Gasteiger charge is 2.20. The van der Waals surface area contributed by atoms with Crippen molar-refractivity contribution in [3.05, 3.63) is 24.3 Å². The van der Waals surface area contributed by atoms with Crippen LogP contribution in [0.1, 0.15) is 380 Å². The molecule has 0 saturated heterocycles. The standard InChI is InChI=1S/C69H133NO5/c1-3-5-7-9-11-13-15-17-18-35-39-43-47-51-55-59-63-69(74)75-64-60-56-52-48-44-40-36-33-31-29-27-25-23-21-19-20-22-24-26-28-30-32-34-38-42-46-50-54-58-62-68(73)70-66(65-71)67(72)61-57-53-49-45-41-37-16-14-12-10-8-6-4-2/h13,15,18,35,66-67,71-72H,3-12,14,16-17,19-34,36-65H2,1-2H3,(H,70,73)/b15-13-,35-18-. The minimum absolute atomic E-state index is 0.00647. The van der Waals surface area contributed by atoms with E-state index in [1.54, 1.807) is 0 Å². The Bertz CT molecular complexity index is 1170. The number of aliphatic hydroxyl groups is 2. The molecule has 0 aliphatic carbocycles. The van der Waals surface area contributed by atoms with E-state index >= 15 is 0 Å². The molecular weight excluding hydrogens is 923 g/mol. The van der Waals surface area contributed by atoms with Crippen molar-refractivity contribution in [2.45, 2.75) is 392 Å². The molecule has 0 radical (unpaired) electrons. The Balaban J connectivity index is 3.32. The normalized spacial score (nSPS) is 12.6. The van der Waals surface area contributed by atoms with Gasteiger partial charge in [0.1, 0.15) is 0 Å². The summed E-state index contributed by atoms with van der Waals surface area (Å²) in [5, 5.41) is 23.3. The first-order valence-corrected chi connectivity index (χ1v) is 34.1. The Morgan fingerprint density at radius 3 is 1.03 bits per heavy atom. The number of carbonyl (C=O) groups is 2. The van der Waals surface area contributed by atoms with E-state index in [1.807, 2.05) is 0 Å². The lowest BCUT2D eigenvalue weighted by atomic mass is 10.0. The quantitative estimate of drug-likeness (QED) is 0.0320. The Labute approximate surface area is 469 Å². The van der Waals surface area contributed by atoms with Crippen LogP contribution in [0.25, 0.3) is 0 Å². The fourth-order valence-electron chi connectivity index (χ4n) is 10.8. The van der Waals surface area contributed by atoms with Crippen molar-refractivity contribution in [3.8, 4) is 0 Å². The minimum Gasteiger partial charge on any atom is -0.466 e. The molecule has 0 aliphatic heterocycles. The molecule has 444 valence electrons. The summed E-state index contributed by atoms with van der Waals surface area (Å²) in [6.45, 7) is 4.96. The second-order valence-electron chi connectivity index (χ2n) is 23.5. The lowest BCUT2D eigenvalue weighted by Gasteiger charge is -2.22. The molecule has 0 bridgehead atoms. The summed E-state index contributed by atoms with van der Waals surface area (Å²) in [6.07, 6.45) is 80.8. The number of ether oxygens (including phenoxy) is 1. The number of rotatable bonds is 64. The summed E-state index contributed by atoms with van der Waals surface area (Å²) >= 11 is 0. The van der Waals surface area contributed by atoms with Crippen LogP contribution in [0, 0.1) is 0 Å². The lowest BCUT2D eigenvalue weighted by molar-refractivity contribution is -0.143. The maximum absolute atomic E-state index is 12.5. The third-order valence-corrected chi connectivity index (χ3v) is 16.0. The van der Waals surface area contributed by atoms with Gasteiger partial charge in [0, 0.05) is 12.8 Å². The molecule has 6 nitrogen and oxygen atoms in total.